The van der Waals surface area contributed by atoms with Gasteiger partial charge in [0.1, 0.15) is 0 Å². The van der Waals surface area contributed by atoms with Gasteiger partial charge < -0.3 is 5.11 Å². The number of aryl methyl sites for hydroxylation is 1. The average Bonchev–Trinajstić information content (AvgIpc) is 2.66. The number of benzene rings is 1. The molecule has 2 fully saturated rings. The highest BCUT2D eigenvalue weighted by molar-refractivity contribution is 7.98. The Morgan fingerprint density at radius 3 is 2.61 bits per heavy atom. The molecule has 1 aromatic carbocycles. The molecule has 5 nitrogen and oxygen atoms in total. The van der Waals surface area contributed by atoms with Gasteiger partial charge in [-0.05, 0) is 56.6 Å². The minimum atomic E-state index is -0.865. The molecule has 4 rings (SSSR count). The van der Waals surface area contributed by atoms with Crippen molar-refractivity contribution < 1.29 is 5.11 Å². The first-order chi connectivity index (χ1) is 13.5. The Morgan fingerprint density at radius 2 is 1.89 bits per heavy atom. The van der Waals surface area contributed by atoms with Crippen LogP contribution in [0.5, 0.6) is 0 Å². The molecule has 3 heterocycles. The fourth-order valence-corrected chi connectivity index (χ4v) is 5.59. The molecule has 2 saturated heterocycles. The van der Waals surface area contributed by atoms with Crippen LogP contribution in [0.4, 0.5) is 0 Å². The lowest BCUT2D eigenvalue weighted by molar-refractivity contribution is -0.105. The zero-order valence-corrected chi connectivity index (χ0v) is 17.5. The van der Waals surface area contributed by atoms with Gasteiger partial charge in [-0.25, -0.2) is 4.68 Å². The summed E-state index contributed by atoms with van der Waals surface area (Å²) in [5, 5.41) is 15.7. The quantitative estimate of drug-likeness (QED) is 0.783. The zero-order chi connectivity index (χ0) is 19.7. The zero-order valence-electron chi connectivity index (χ0n) is 16.7. The molecule has 0 radical (unpaired) electrons. The van der Waals surface area contributed by atoms with Gasteiger partial charge in [0.2, 0.25) is 0 Å². The minimum absolute atomic E-state index is 0.138. The summed E-state index contributed by atoms with van der Waals surface area (Å²) in [5.74, 6) is 0. The number of hydrogen-bond donors (Lipinski definition) is 1. The van der Waals surface area contributed by atoms with Gasteiger partial charge >= 0.3 is 0 Å². The van der Waals surface area contributed by atoms with Gasteiger partial charge in [-0.3, -0.25) is 9.69 Å². The molecule has 2 unspecified atom stereocenters. The molecule has 150 valence electrons. The highest BCUT2D eigenvalue weighted by Crippen LogP contribution is 2.41. The van der Waals surface area contributed by atoms with Crippen LogP contribution in [0.3, 0.4) is 0 Å². The van der Waals surface area contributed by atoms with E-state index in [4.69, 9.17) is 0 Å². The van der Waals surface area contributed by atoms with Gasteiger partial charge in [0.25, 0.3) is 5.56 Å². The van der Waals surface area contributed by atoms with Gasteiger partial charge in [0.05, 0.1) is 17.8 Å². The number of piperidine rings is 2. The lowest BCUT2D eigenvalue weighted by Gasteiger charge is -2.52. The first kappa shape index (κ1) is 19.7. The Balaban J connectivity index is 1.54. The highest BCUT2D eigenvalue weighted by atomic mass is 32.2. The predicted octanol–water partition coefficient (Wildman–Crippen LogP) is 3.22. The summed E-state index contributed by atoms with van der Waals surface area (Å²) in [6.07, 6.45) is 6.96. The summed E-state index contributed by atoms with van der Waals surface area (Å²) in [6, 6.07) is 12.6. The Labute approximate surface area is 170 Å². The number of fused-ring (bicyclic) bond motifs is 2. The summed E-state index contributed by atoms with van der Waals surface area (Å²) in [4.78, 5) is 16.1. The van der Waals surface area contributed by atoms with E-state index in [0.29, 0.717) is 24.9 Å². The van der Waals surface area contributed by atoms with Gasteiger partial charge in [0, 0.05) is 29.6 Å². The van der Waals surface area contributed by atoms with Gasteiger partial charge in [-0.1, -0.05) is 24.6 Å². The molecule has 28 heavy (non-hydrogen) atoms. The molecular weight excluding hydrogens is 370 g/mol. The first-order valence-electron chi connectivity index (χ1n) is 10.1. The van der Waals surface area contributed by atoms with E-state index in [1.54, 1.807) is 23.9 Å². The molecule has 2 aliphatic heterocycles. The van der Waals surface area contributed by atoms with Crippen LogP contribution in [0, 0.1) is 6.92 Å². The maximum Gasteiger partial charge on any atom is 0.266 e. The molecule has 2 aliphatic rings. The van der Waals surface area contributed by atoms with Crippen molar-refractivity contribution in [3.8, 4) is 0 Å². The summed E-state index contributed by atoms with van der Waals surface area (Å²) >= 11 is 1.79. The smallest absolute Gasteiger partial charge is 0.266 e. The predicted molar refractivity (Wildman–Crippen MR) is 113 cm³/mol. The molecule has 0 spiro atoms. The molecule has 2 bridgehead atoms. The molecule has 0 saturated carbocycles. The molecular formula is C22H29N3O2S. The second-order valence-corrected chi connectivity index (χ2v) is 9.17. The van der Waals surface area contributed by atoms with Gasteiger partial charge in [-0.15, -0.1) is 11.8 Å². The number of hydrogen-bond acceptors (Lipinski definition) is 5. The van der Waals surface area contributed by atoms with E-state index in [9.17, 15) is 9.90 Å². The Hall–Kier alpha value is -1.63. The van der Waals surface area contributed by atoms with Gasteiger partial charge in [-0.2, -0.15) is 5.10 Å². The van der Waals surface area contributed by atoms with E-state index >= 15 is 0 Å². The van der Waals surface area contributed by atoms with Crippen LogP contribution < -0.4 is 5.56 Å². The lowest BCUT2D eigenvalue weighted by atomic mass is 9.75. The second-order valence-electron chi connectivity index (χ2n) is 8.33. The summed E-state index contributed by atoms with van der Waals surface area (Å²) in [6.45, 7) is 3.10. The molecule has 1 N–H and O–H groups in total. The second kappa shape index (κ2) is 8.01. The summed E-state index contributed by atoms with van der Waals surface area (Å²) < 4.78 is 1.45. The van der Waals surface area contributed by atoms with E-state index in [-0.39, 0.29) is 12.1 Å². The largest absolute Gasteiger partial charge is 0.388 e. The average molecular weight is 400 g/mol. The Bertz CT molecular complexity index is 883. The van der Waals surface area contributed by atoms with E-state index < -0.39 is 5.60 Å². The van der Waals surface area contributed by atoms with E-state index in [1.807, 2.05) is 6.92 Å². The highest BCUT2D eigenvalue weighted by Gasteiger charge is 2.45. The first-order valence-corrected chi connectivity index (χ1v) is 11.3. The molecule has 0 amide bonds. The maximum absolute atomic E-state index is 12.2. The van der Waals surface area contributed by atoms with Crippen molar-refractivity contribution in [3.63, 3.8) is 0 Å². The monoisotopic (exact) mass is 399 g/mol. The standard InChI is InChI=1S/C22H29N3O2S/c1-16-10-11-21(26)25(23-16)15-22(27)12-18-7-5-8-19(13-22)24(18)14-17-6-3-4-9-20(17)28-2/h3-4,6,9-11,18-19,27H,5,7-8,12-15H2,1-2H3. The summed E-state index contributed by atoms with van der Waals surface area (Å²) in [7, 11) is 0. The normalized spacial score (nSPS) is 27.7. The van der Waals surface area contributed by atoms with E-state index in [0.717, 1.165) is 25.1 Å². The van der Waals surface area contributed by atoms with Crippen molar-refractivity contribution in [2.24, 2.45) is 0 Å². The maximum atomic E-state index is 12.2. The topological polar surface area (TPSA) is 58.4 Å². The van der Waals surface area contributed by atoms with Crippen molar-refractivity contribution in [3.05, 3.63) is 58.0 Å². The number of thioether (sulfide) groups is 1. The fourth-order valence-electron chi connectivity index (χ4n) is 4.98. The fraction of sp³-hybridized carbons (Fsp3) is 0.545. The van der Waals surface area contributed by atoms with Crippen molar-refractivity contribution in [1.82, 2.24) is 14.7 Å². The van der Waals surface area contributed by atoms with Crippen molar-refractivity contribution in [2.45, 2.75) is 74.7 Å². The number of nitrogens with zero attached hydrogens (tertiary/aromatic N) is 3. The van der Waals surface area contributed by atoms with Crippen LogP contribution in [-0.2, 0) is 13.1 Å². The number of aliphatic hydroxyl groups is 1. The molecule has 6 heteroatoms. The van der Waals surface area contributed by atoms with Crippen molar-refractivity contribution in [1.29, 1.82) is 0 Å². The van der Waals surface area contributed by atoms with E-state index in [2.05, 4.69) is 40.5 Å². The summed E-state index contributed by atoms with van der Waals surface area (Å²) in [5.41, 5.74) is 1.17. The van der Waals surface area contributed by atoms with Crippen LogP contribution in [0.15, 0.2) is 46.1 Å². The van der Waals surface area contributed by atoms with Crippen LogP contribution in [0.2, 0.25) is 0 Å². The van der Waals surface area contributed by atoms with Crippen molar-refractivity contribution in [2.75, 3.05) is 6.26 Å². The van der Waals surface area contributed by atoms with Gasteiger partial charge in [0.15, 0.2) is 0 Å². The molecule has 0 aliphatic carbocycles. The third-order valence-electron chi connectivity index (χ3n) is 6.23. The molecule has 2 atom stereocenters. The van der Waals surface area contributed by atoms with Crippen LogP contribution in [0.1, 0.15) is 43.4 Å². The third-order valence-corrected chi connectivity index (χ3v) is 7.07. The lowest BCUT2D eigenvalue weighted by Crippen LogP contribution is -2.59. The number of aromatic nitrogens is 2. The van der Waals surface area contributed by atoms with Crippen LogP contribution >= 0.6 is 11.8 Å². The van der Waals surface area contributed by atoms with E-state index in [1.165, 1.54) is 21.6 Å². The van der Waals surface area contributed by atoms with Crippen LogP contribution in [-0.4, -0.2) is 43.7 Å². The third kappa shape index (κ3) is 4.04. The van der Waals surface area contributed by atoms with Crippen LogP contribution in [0.25, 0.3) is 0 Å². The minimum Gasteiger partial charge on any atom is -0.388 e. The number of rotatable bonds is 5. The Kier molecular flexibility index (Phi) is 5.63. The molecule has 2 aromatic rings. The Morgan fingerprint density at radius 1 is 1.18 bits per heavy atom. The van der Waals surface area contributed by atoms with Crippen molar-refractivity contribution >= 4 is 11.8 Å². The SMILES string of the molecule is CSc1ccccc1CN1C2CCCC1CC(O)(Cn1nc(C)ccc1=O)C2. The molecule has 1 aromatic heterocycles.